The van der Waals surface area contributed by atoms with Crippen LogP contribution in [0.15, 0.2) is 0 Å². The zero-order valence-electron chi connectivity index (χ0n) is 8.21. The van der Waals surface area contributed by atoms with E-state index in [9.17, 15) is 4.79 Å². The summed E-state index contributed by atoms with van der Waals surface area (Å²) < 4.78 is 10.7. The summed E-state index contributed by atoms with van der Waals surface area (Å²) in [6.45, 7) is 3.75. The molecule has 1 heterocycles. The Morgan fingerprint density at radius 1 is 1.62 bits per heavy atom. The van der Waals surface area contributed by atoms with Crippen molar-refractivity contribution in [2.24, 2.45) is 5.92 Å². The Morgan fingerprint density at radius 2 is 2.38 bits per heavy atom. The smallest absolute Gasteiger partial charge is 0.225 e. The number of carbonyl (C=O) groups is 1. The molecular weight excluding hydrogens is 170 g/mol. The molecule has 0 radical (unpaired) electrons. The van der Waals surface area contributed by atoms with Crippen molar-refractivity contribution in [3.63, 3.8) is 0 Å². The molecule has 0 saturated carbocycles. The minimum Gasteiger partial charge on any atom is -0.376 e. The molecule has 0 aromatic rings. The first kappa shape index (κ1) is 10.5. The second-order valence-corrected chi connectivity index (χ2v) is 3.11. The van der Waals surface area contributed by atoms with Crippen molar-refractivity contribution in [1.82, 2.24) is 5.32 Å². The maximum Gasteiger partial charge on any atom is 0.225 e. The predicted octanol–water partition coefficient (Wildman–Crippen LogP) is 0.174. The van der Waals surface area contributed by atoms with Gasteiger partial charge in [0.25, 0.3) is 0 Å². The summed E-state index contributed by atoms with van der Waals surface area (Å²) in [5.41, 5.74) is 0. The molecular formula is C9H17NO3. The molecule has 0 aliphatic carbocycles. The number of carbonyl (C=O) groups excluding carboxylic acids is 1. The highest BCUT2D eigenvalue weighted by Gasteiger charge is 2.28. The Bertz CT molecular complexity index is 166. The van der Waals surface area contributed by atoms with Crippen LogP contribution in [0.2, 0.25) is 0 Å². The van der Waals surface area contributed by atoms with Gasteiger partial charge in [0.15, 0.2) is 0 Å². The number of amides is 1. The Kier molecular flexibility index (Phi) is 4.18. The molecule has 1 fully saturated rings. The maximum absolute atomic E-state index is 11.4. The van der Waals surface area contributed by atoms with Gasteiger partial charge in [-0.2, -0.15) is 0 Å². The summed E-state index contributed by atoms with van der Waals surface area (Å²) in [5.74, 6) is -0.0386. The highest BCUT2D eigenvalue weighted by molar-refractivity contribution is 5.78. The van der Waals surface area contributed by atoms with Gasteiger partial charge in [-0.05, 0) is 6.42 Å². The average Bonchev–Trinajstić information content (AvgIpc) is 2.20. The molecule has 1 N–H and O–H groups in total. The summed E-state index contributed by atoms with van der Waals surface area (Å²) in [4.78, 5) is 11.4. The van der Waals surface area contributed by atoms with E-state index < -0.39 is 0 Å². The quantitative estimate of drug-likeness (QED) is 0.685. The van der Waals surface area contributed by atoms with E-state index in [1.165, 1.54) is 0 Å². The van der Waals surface area contributed by atoms with Crippen molar-refractivity contribution in [2.75, 3.05) is 26.9 Å². The molecule has 13 heavy (non-hydrogen) atoms. The lowest BCUT2D eigenvalue weighted by atomic mass is 9.98. The van der Waals surface area contributed by atoms with Crippen LogP contribution in [-0.4, -0.2) is 38.9 Å². The summed E-state index contributed by atoms with van der Waals surface area (Å²) >= 11 is 0. The predicted molar refractivity (Wildman–Crippen MR) is 48.4 cm³/mol. The third kappa shape index (κ3) is 2.67. The molecule has 1 aliphatic heterocycles. The third-order valence-electron chi connectivity index (χ3n) is 2.31. The van der Waals surface area contributed by atoms with E-state index in [0.29, 0.717) is 19.8 Å². The molecule has 2 unspecified atom stereocenters. The van der Waals surface area contributed by atoms with E-state index in [0.717, 1.165) is 6.42 Å². The van der Waals surface area contributed by atoms with Gasteiger partial charge in [-0.1, -0.05) is 6.92 Å². The van der Waals surface area contributed by atoms with Crippen LogP contribution in [0.1, 0.15) is 13.3 Å². The van der Waals surface area contributed by atoms with Crippen molar-refractivity contribution in [1.29, 1.82) is 0 Å². The molecule has 1 aliphatic rings. The van der Waals surface area contributed by atoms with Gasteiger partial charge in [-0.25, -0.2) is 0 Å². The zero-order chi connectivity index (χ0) is 9.68. The molecule has 4 nitrogen and oxygen atoms in total. The number of hydrogen-bond acceptors (Lipinski definition) is 3. The fraction of sp³-hybridized carbons (Fsp3) is 0.889. The largest absolute Gasteiger partial charge is 0.376 e. The van der Waals surface area contributed by atoms with Crippen LogP contribution in [0.25, 0.3) is 0 Å². The minimum absolute atomic E-state index is 0.0398. The fourth-order valence-corrected chi connectivity index (χ4v) is 1.54. The Hall–Kier alpha value is -0.610. The van der Waals surface area contributed by atoms with Crippen molar-refractivity contribution >= 4 is 5.91 Å². The SMILES string of the molecule is CCC(C(=O)NC)C1COCCO1. The van der Waals surface area contributed by atoms with E-state index in [-0.39, 0.29) is 17.9 Å². The first-order chi connectivity index (χ1) is 6.29. The summed E-state index contributed by atoms with van der Waals surface area (Å²) in [7, 11) is 1.65. The molecule has 1 saturated heterocycles. The Balaban J connectivity index is 2.48. The van der Waals surface area contributed by atoms with Crippen LogP contribution in [0.3, 0.4) is 0 Å². The fourth-order valence-electron chi connectivity index (χ4n) is 1.54. The molecule has 1 rings (SSSR count). The molecule has 76 valence electrons. The Labute approximate surface area is 78.6 Å². The van der Waals surface area contributed by atoms with E-state index >= 15 is 0 Å². The van der Waals surface area contributed by atoms with Gasteiger partial charge < -0.3 is 14.8 Å². The van der Waals surface area contributed by atoms with Gasteiger partial charge in [0, 0.05) is 7.05 Å². The van der Waals surface area contributed by atoms with Gasteiger partial charge in [0.1, 0.15) is 0 Å². The number of rotatable bonds is 3. The lowest BCUT2D eigenvalue weighted by Crippen LogP contribution is -2.42. The standard InChI is InChI=1S/C9H17NO3/c1-3-7(9(11)10-2)8-6-12-4-5-13-8/h7-8H,3-6H2,1-2H3,(H,10,11). The second-order valence-electron chi connectivity index (χ2n) is 3.11. The molecule has 0 aromatic carbocycles. The van der Waals surface area contributed by atoms with Crippen molar-refractivity contribution in [3.05, 3.63) is 0 Å². The average molecular weight is 187 g/mol. The van der Waals surface area contributed by atoms with Crippen LogP contribution in [0.4, 0.5) is 0 Å². The van der Waals surface area contributed by atoms with E-state index in [4.69, 9.17) is 9.47 Å². The van der Waals surface area contributed by atoms with Gasteiger partial charge in [0.2, 0.25) is 5.91 Å². The maximum atomic E-state index is 11.4. The van der Waals surface area contributed by atoms with E-state index in [1.807, 2.05) is 6.92 Å². The molecule has 1 amide bonds. The van der Waals surface area contributed by atoms with Gasteiger partial charge in [-0.15, -0.1) is 0 Å². The Morgan fingerprint density at radius 3 is 2.85 bits per heavy atom. The monoisotopic (exact) mass is 187 g/mol. The summed E-state index contributed by atoms with van der Waals surface area (Å²) in [6.07, 6.45) is 0.715. The number of hydrogen-bond donors (Lipinski definition) is 1. The molecule has 2 atom stereocenters. The van der Waals surface area contributed by atoms with Crippen LogP contribution in [-0.2, 0) is 14.3 Å². The molecule has 4 heteroatoms. The first-order valence-corrected chi connectivity index (χ1v) is 4.70. The van der Waals surface area contributed by atoms with Crippen LogP contribution < -0.4 is 5.32 Å². The van der Waals surface area contributed by atoms with Gasteiger partial charge >= 0.3 is 0 Å². The second kappa shape index (κ2) is 5.19. The molecule has 0 aromatic heterocycles. The van der Waals surface area contributed by atoms with Crippen LogP contribution in [0.5, 0.6) is 0 Å². The topological polar surface area (TPSA) is 47.6 Å². The van der Waals surface area contributed by atoms with Crippen molar-refractivity contribution < 1.29 is 14.3 Å². The first-order valence-electron chi connectivity index (χ1n) is 4.70. The van der Waals surface area contributed by atoms with Crippen molar-refractivity contribution in [3.8, 4) is 0 Å². The van der Waals surface area contributed by atoms with E-state index in [2.05, 4.69) is 5.32 Å². The minimum atomic E-state index is -0.0784. The van der Waals surface area contributed by atoms with E-state index in [1.54, 1.807) is 7.05 Å². The third-order valence-corrected chi connectivity index (χ3v) is 2.31. The molecule has 0 spiro atoms. The zero-order valence-corrected chi connectivity index (χ0v) is 8.21. The van der Waals surface area contributed by atoms with Crippen molar-refractivity contribution in [2.45, 2.75) is 19.4 Å². The highest BCUT2D eigenvalue weighted by atomic mass is 16.6. The number of nitrogens with one attached hydrogen (secondary N) is 1. The van der Waals surface area contributed by atoms with Gasteiger partial charge in [0.05, 0.1) is 31.8 Å². The molecule has 0 bridgehead atoms. The summed E-state index contributed by atoms with van der Waals surface area (Å²) in [6, 6.07) is 0. The van der Waals surface area contributed by atoms with Crippen LogP contribution in [0, 0.1) is 5.92 Å². The normalized spacial score (nSPS) is 25.2. The van der Waals surface area contributed by atoms with Gasteiger partial charge in [-0.3, -0.25) is 4.79 Å². The highest BCUT2D eigenvalue weighted by Crippen LogP contribution is 2.15. The number of ether oxygens (including phenoxy) is 2. The lowest BCUT2D eigenvalue weighted by Gasteiger charge is -2.28. The van der Waals surface area contributed by atoms with Crippen LogP contribution >= 0.6 is 0 Å². The summed E-state index contributed by atoms with van der Waals surface area (Å²) in [5, 5.41) is 2.64. The lowest BCUT2D eigenvalue weighted by molar-refractivity contribution is -0.143.